The van der Waals surface area contributed by atoms with Gasteiger partial charge in [-0.05, 0) is 48.9 Å². The summed E-state index contributed by atoms with van der Waals surface area (Å²) in [5.41, 5.74) is 8.03. The number of imide groups is 1. The van der Waals surface area contributed by atoms with Crippen molar-refractivity contribution in [3.05, 3.63) is 60.2 Å². The third kappa shape index (κ3) is 4.40. The Balaban J connectivity index is 1.67. The highest BCUT2D eigenvalue weighted by atomic mass is 32.2. The predicted octanol–water partition coefficient (Wildman–Crippen LogP) is 2.80. The zero-order valence-electron chi connectivity index (χ0n) is 15.5. The molecule has 3 rings (SSSR count). The van der Waals surface area contributed by atoms with Crippen molar-refractivity contribution in [2.24, 2.45) is 15.9 Å². The van der Waals surface area contributed by atoms with Gasteiger partial charge < -0.3 is 10.5 Å². The van der Waals surface area contributed by atoms with Crippen LogP contribution in [0.25, 0.3) is 0 Å². The molecule has 0 radical (unpaired) electrons. The van der Waals surface area contributed by atoms with Crippen LogP contribution in [0.1, 0.15) is 18.9 Å². The molecule has 0 aromatic heterocycles. The monoisotopic (exact) mass is 396 g/mol. The molecule has 2 amide bonds. The number of rotatable bonds is 5. The summed E-state index contributed by atoms with van der Waals surface area (Å²) in [5, 5.41) is 7.65. The Morgan fingerprint density at radius 2 is 1.79 bits per heavy atom. The highest BCUT2D eigenvalue weighted by Gasteiger charge is 2.40. The number of amidine groups is 1. The first-order valence-corrected chi connectivity index (χ1v) is 9.48. The van der Waals surface area contributed by atoms with Crippen LogP contribution < -0.4 is 15.4 Å². The van der Waals surface area contributed by atoms with Crippen LogP contribution in [0.5, 0.6) is 5.75 Å². The molecular weight excluding hydrogens is 376 g/mol. The number of hydrogen-bond acceptors (Lipinski definition) is 6. The van der Waals surface area contributed by atoms with Crippen molar-refractivity contribution in [3.8, 4) is 5.75 Å². The van der Waals surface area contributed by atoms with E-state index in [1.807, 2.05) is 37.3 Å². The van der Waals surface area contributed by atoms with Crippen molar-refractivity contribution in [3.63, 3.8) is 0 Å². The molecule has 0 aliphatic carbocycles. The van der Waals surface area contributed by atoms with Crippen LogP contribution in [0.2, 0.25) is 0 Å². The van der Waals surface area contributed by atoms with E-state index in [1.165, 1.54) is 4.90 Å². The third-order valence-electron chi connectivity index (χ3n) is 4.19. The van der Waals surface area contributed by atoms with Crippen LogP contribution in [0.4, 0.5) is 5.69 Å². The lowest BCUT2D eigenvalue weighted by molar-refractivity contribution is -0.121. The molecule has 1 aliphatic heterocycles. The molecule has 1 saturated heterocycles. The minimum absolute atomic E-state index is 0.0792. The smallest absolute Gasteiger partial charge is 0.247 e. The van der Waals surface area contributed by atoms with Gasteiger partial charge in [-0.3, -0.25) is 9.59 Å². The molecule has 1 heterocycles. The fourth-order valence-electron chi connectivity index (χ4n) is 2.73. The van der Waals surface area contributed by atoms with Crippen molar-refractivity contribution < 1.29 is 14.3 Å². The van der Waals surface area contributed by atoms with Gasteiger partial charge in [0.2, 0.25) is 11.8 Å². The van der Waals surface area contributed by atoms with E-state index < -0.39 is 5.25 Å². The van der Waals surface area contributed by atoms with Crippen molar-refractivity contribution in [2.45, 2.75) is 18.6 Å². The Kier molecular flexibility index (Phi) is 6.10. The zero-order valence-corrected chi connectivity index (χ0v) is 16.3. The minimum atomic E-state index is -0.604. The molecule has 1 unspecified atom stereocenters. The zero-order chi connectivity index (χ0) is 20.1. The van der Waals surface area contributed by atoms with Crippen LogP contribution in [0.3, 0.4) is 0 Å². The summed E-state index contributed by atoms with van der Waals surface area (Å²) in [7, 11) is 1.60. The molecule has 0 saturated carbocycles. The second-order valence-electron chi connectivity index (χ2n) is 6.07. The van der Waals surface area contributed by atoms with Gasteiger partial charge in [-0.25, -0.2) is 4.90 Å². The largest absolute Gasteiger partial charge is 0.497 e. The third-order valence-corrected chi connectivity index (χ3v) is 5.16. The number of carbonyl (C=O) groups is 2. The van der Waals surface area contributed by atoms with Gasteiger partial charge >= 0.3 is 0 Å². The van der Waals surface area contributed by atoms with Gasteiger partial charge in [-0.2, -0.15) is 5.10 Å². The maximum atomic E-state index is 12.6. The summed E-state index contributed by atoms with van der Waals surface area (Å²) < 4.78 is 5.13. The highest BCUT2D eigenvalue weighted by Crippen LogP contribution is 2.29. The highest BCUT2D eigenvalue weighted by molar-refractivity contribution is 8.14. The van der Waals surface area contributed by atoms with E-state index in [0.29, 0.717) is 11.4 Å². The van der Waals surface area contributed by atoms with Gasteiger partial charge in [0.25, 0.3) is 0 Å². The molecule has 1 atom stereocenters. The fourth-order valence-corrected chi connectivity index (χ4v) is 3.54. The predicted molar refractivity (Wildman–Crippen MR) is 112 cm³/mol. The van der Waals surface area contributed by atoms with E-state index in [2.05, 4.69) is 10.2 Å². The van der Waals surface area contributed by atoms with Crippen LogP contribution in [-0.4, -0.2) is 35.1 Å². The Morgan fingerprint density at radius 1 is 1.11 bits per heavy atom. The summed E-state index contributed by atoms with van der Waals surface area (Å²) in [6.45, 7) is 1.81. The van der Waals surface area contributed by atoms with E-state index in [0.717, 1.165) is 23.1 Å². The molecule has 2 aromatic carbocycles. The quantitative estimate of drug-likeness (QED) is 0.363. The van der Waals surface area contributed by atoms with Gasteiger partial charge in [-0.1, -0.05) is 30.0 Å². The van der Waals surface area contributed by atoms with Crippen molar-refractivity contribution in [1.29, 1.82) is 0 Å². The standard InChI is InChI=1S/C20H20N4O3S/c1-13(14-8-10-16(27-2)11-9-14)22-23-20(21)28-17-12-18(25)24(19(17)26)15-6-4-3-5-7-15/h3-11,17H,12H2,1-2H3,(H2,21,23). The summed E-state index contributed by atoms with van der Waals surface area (Å²) in [4.78, 5) is 26.0. The molecule has 1 aliphatic rings. The van der Waals surface area contributed by atoms with E-state index in [-0.39, 0.29) is 23.4 Å². The summed E-state index contributed by atoms with van der Waals surface area (Å²) in [5.74, 6) is 0.206. The summed E-state index contributed by atoms with van der Waals surface area (Å²) in [6.07, 6.45) is 0.0792. The van der Waals surface area contributed by atoms with E-state index in [1.54, 1.807) is 31.4 Å². The summed E-state index contributed by atoms with van der Waals surface area (Å²) in [6, 6.07) is 16.2. The van der Waals surface area contributed by atoms with Gasteiger partial charge in [0.05, 0.1) is 18.5 Å². The fraction of sp³-hybridized carbons (Fsp3) is 0.200. The number of para-hydroxylation sites is 1. The average Bonchev–Trinajstić information content (AvgIpc) is 2.99. The van der Waals surface area contributed by atoms with Crippen molar-refractivity contribution >= 4 is 40.1 Å². The van der Waals surface area contributed by atoms with Gasteiger partial charge in [0.1, 0.15) is 11.0 Å². The summed E-state index contributed by atoms with van der Waals surface area (Å²) >= 11 is 1.05. The first kappa shape index (κ1) is 19.6. The van der Waals surface area contributed by atoms with E-state index in [9.17, 15) is 9.59 Å². The first-order chi connectivity index (χ1) is 13.5. The molecule has 0 spiro atoms. The van der Waals surface area contributed by atoms with Gasteiger partial charge in [0, 0.05) is 6.42 Å². The number of benzene rings is 2. The number of hydrogen-bond donors (Lipinski definition) is 1. The molecule has 0 bridgehead atoms. The molecule has 8 heteroatoms. The Labute approximate surface area is 167 Å². The number of methoxy groups -OCH3 is 1. The maximum Gasteiger partial charge on any atom is 0.247 e. The topological polar surface area (TPSA) is 97.3 Å². The molecule has 28 heavy (non-hydrogen) atoms. The first-order valence-electron chi connectivity index (χ1n) is 8.60. The second-order valence-corrected chi connectivity index (χ2v) is 7.29. The molecular formula is C20H20N4O3S. The van der Waals surface area contributed by atoms with Crippen molar-refractivity contribution in [1.82, 2.24) is 0 Å². The van der Waals surface area contributed by atoms with E-state index in [4.69, 9.17) is 10.5 Å². The lowest BCUT2D eigenvalue weighted by atomic mass is 10.1. The Morgan fingerprint density at radius 3 is 2.43 bits per heavy atom. The lowest BCUT2D eigenvalue weighted by Gasteiger charge is -2.14. The number of thioether (sulfide) groups is 1. The normalized spacial score (nSPS) is 17.9. The number of ether oxygens (including phenoxy) is 1. The molecule has 144 valence electrons. The lowest BCUT2D eigenvalue weighted by Crippen LogP contribution is -2.31. The van der Waals surface area contributed by atoms with Crippen LogP contribution in [0.15, 0.2) is 64.8 Å². The number of anilines is 1. The Hall–Kier alpha value is -3.13. The number of nitrogens with two attached hydrogens (primary N) is 1. The number of amides is 2. The second kappa shape index (κ2) is 8.71. The molecule has 2 N–H and O–H groups in total. The number of nitrogens with zero attached hydrogens (tertiary/aromatic N) is 3. The van der Waals surface area contributed by atoms with Gasteiger partial charge in [-0.15, -0.1) is 5.10 Å². The van der Waals surface area contributed by atoms with Crippen LogP contribution in [-0.2, 0) is 9.59 Å². The van der Waals surface area contributed by atoms with E-state index >= 15 is 0 Å². The maximum absolute atomic E-state index is 12.6. The minimum Gasteiger partial charge on any atom is -0.497 e. The number of carbonyl (C=O) groups excluding carboxylic acids is 2. The molecule has 1 fully saturated rings. The van der Waals surface area contributed by atoms with Crippen molar-refractivity contribution in [2.75, 3.05) is 12.0 Å². The molecule has 7 nitrogen and oxygen atoms in total. The average molecular weight is 396 g/mol. The molecule has 2 aromatic rings. The SMILES string of the molecule is COc1ccc(C(C)=N/N=C(\N)SC2CC(=O)N(c3ccccc3)C2=O)cc1. The van der Waals surface area contributed by atoms with Gasteiger partial charge in [0.15, 0.2) is 5.17 Å². The van der Waals surface area contributed by atoms with Crippen LogP contribution in [0, 0.1) is 0 Å². The Bertz CT molecular complexity index is 926. The van der Waals surface area contributed by atoms with Crippen LogP contribution >= 0.6 is 11.8 Å².